The maximum atomic E-state index is 13.1. The van der Waals surface area contributed by atoms with Gasteiger partial charge in [0.05, 0.1) is 17.7 Å². The number of rotatable bonds is 4. The second-order valence-electron chi connectivity index (χ2n) is 8.42. The topological polar surface area (TPSA) is 62.2 Å². The van der Waals surface area contributed by atoms with E-state index in [1.807, 2.05) is 24.4 Å². The molecule has 138 valence electrons. The fourth-order valence-corrected chi connectivity index (χ4v) is 4.51. The third-order valence-electron chi connectivity index (χ3n) is 6.38. The minimum atomic E-state index is -0.261. The lowest BCUT2D eigenvalue weighted by molar-refractivity contribution is -0.134. The van der Waals surface area contributed by atoms with Crippen LogP contribution in [0.15, 0.2) is 36.5 Å². The van der Waals surface area contributed by atoms with Crippen LogP contribution >= 0.6 is 0 Å². The van der Waals surface area contributed by atoms with E-state index in [2.05, 4.69) is 29.4 Å². The largest absolute Gasteiger partial charge is 0.393 e. The highest BCUT2D eigenvalue weighted by molar-refractivity contribution is 5.83. The Morgan fingerprint density at radius 3 is 2.69 bits per heavy atom. The Balaban J connectivity index is 1.60. The van der Waals surface area contributed by atoms with Crippen molar-refractivity contribution in [1.82, 2.24) is 10.3 Å². The van der Waals surface area contributed by atoms with Crippen molar-refractivity contribution < 1.29 is 9.90 Å². The van der Waals surface area contributed by atoms with Crippen LogP contribution in [-0.2, 0) is 4.79 Å². The SMILES string of the molecule is CC1(C(=O)NC(c2cnc3ccccc3c2)C2CC(O)C2)CCCCC1. The molecule has 1 aromatic heterocycles. The molecule has 0 radical (unpaired) electrons. The van der Waals surface area contributed by atoms with Crippen LogP contribution in [0.5, 0.6) is 0 Å². The molecule has 4 heteroatoms. The van der Waals surface area contributed by atoms with Crippen molar-refractivity contribution in [3.63, 3.8) is 0 Å². The van der Waals surface area contributed by atoms with E-state index in [0.29, 0.717) is 0 Å². The van der Waals surface area contributed by atoms with Crippen molar-refractivity contribution in [1.29, 1.82) is 0 Å². The zero-order chi connectivity index (χ0) is 18.1. The first-order chi connectivity index (χ1) is 12.5. The van der Waals surface area contributed by atoms with Crippen LogP contribution in [0.2, 0.25) is 0 Å². The molecule has 1 unspecified atom stereocenters. The monoisotopic (exact) mass is 352 g/mol. The third-order valence-corrected chi connectivity index (χ3v) is 6.38. The van der Waals surface area contributed by atoms with E-state index in [4.69, 9.17) is 0 Å². The van der Waals surface area contributed by atoms with Crippen LogP contribution in [0.25, 0.3) is 10.9 Å². The number of nitrogens with zero attached hydrogens (tertiary/aromatic N) is 1. The van der Waals surface area contributed by atoms with Gasteiger partial charge in [0.2, 0.25) is 5.91 Å². The Labute approximate surface area is 155 Å². The van der Waals surface area contributed by atoms with Crippen LogP contribution in [-0.4, -0.2) is 22.1 Å². The van der Waals surface area contributed by atoms with E-state index in [1.54, 1.807) is 0 Å². The molecule has 0 spiro atoms. The van der Waals surface area contributed by atoms with Gasteiger partial charge in [-0.25, -0.2) is 0 Å². The summed E-state index contributed by atoms with van der Waals surface area (Å²) in [6, 6.07) is 10.1. The Kier molecular flexibility index (Phi) is 4.70. The first-order valence-electron chi connectivity index (χ1n) is 9.89. The number of amides is 1. The van der Waals surface area contributed by atoms with Gasteiger partial charge in [-0.2, -0.15) is 0 Å². The lowest BCUT2D eigenvalue weighted by Gasteiger charge is -2.40. The highest BCUT2D eigenvalue weighted by Gasteiger charge is 2.40. The van der Waals surface area contributed by atoms with E-state index in [9.17, 15) is 9.90 Å². The molecule has 2 saturated carbocycles. The van der Waals surface area contributed by atoms with Crippen LogP contribution in [0.1, 0.15) is 63.5 Å². The minimum Gasteiger partial charge on any atom is -0.393 e. The Morgan fingerprint density at radius 2 is 1.96 bits per heavy atom. The molecule has 2 aromatic rings. The summed E-state index contributed by atoms with van der Waals surface area (Å²) in [7, 11) is 0. The van der Waals surface area contributed by atoms with Crippen LogP contribution in [0.3, 0.4) is 0 Å². The summed E-state index contributed by atoms with van der Waals surface area (Å²) in [5.41, 5.74) is 1.76. The van der Waals surface area contributed by atoms with Crippen molar-refractivity contribution in [2.75, 3.05) is 0 Å². The van der Waals surface area contributed by atoms with E-state index in [0.717, 1.165) is 55.0 Å². The number of hydrogen-bond donors (Lipinski definition) is 2. The number of nitrogens with one attached hydrogen (secondary N) is 1. The molecule has 26 heavy (non-hydrogen) atoms. The molecule has 0 saturated heterocycles. The molecule has 2 N–H and O–H groups in total. The Bertz CT molecular complexity index is 792. The maximum Gasteiger partial charge on any atom is 0.226 e. The quantitative estimate of drug-likeness (QED) is 0.869. The summed E-state index contributed by atoms with van der Waals surface area (Å²) in [6.45, 7) is 2.10. The fraction of sp³-hybridized carbons (Fsp3) is 0.545. The number of pyridine rings is 1. The van der Waals surface area contributed by atoms with Gasteiger partial charge in [0, 0.05) is 17.0 Å². The average Bonchev–Trinajstić information content (AvgIpc) is 2.64. The summed E-state index contributed by atoms with van der Waals surface area (Å²) in [5, 5.41) is 14.2. The molecule has 2 aliphatic carbocycles. The van der Waals surface area contributed by atoms with Gasteiger partial charge in [0.25, 0.3) is 0 Å². The molecule has 2 fully saturated rings. The first kappa shape index (κ1) is 17.5. The second kappa shape index (κ2) is 6.99. The zero-order valence-corrected chi connectivity index (χ0v) is 15.4. The van der Waals surface area contributed by atoms with Crippen LogP contribution < -0.4 is 5.32 Å². The highest BCUT2D eigenvalue weighted by Crippen LogP contribution is 2.41. The molecule has 0 aliphatic heterocycles. The molecule has 1 heterocycles. The standard InChI is InChI=1S/C22H28N2O2/c1-22(9-5-2-6-10-22)21(26)24-20(16-12-18(25)13-16)17-11-15-7-3-4-8-19(15)23-14-17/h3-4,7-8,11,14,16,18,20,25H,2,5-6,9-10,12-13H2,1H3,(H,24,26). The van der Waals surface area contributed by atoms with Gasteiger partial charge < -0.3 is 10.4 Å². The van der Waals surface area contributed by atoms with Gasteiger partial charge in [-0.1, -0.05) is 44.4 Å². The lowest BCUT2D eigenvalue weighted by Crippen LogP contribution is -2.47. The summed E-state index contributed by atoms with van der Waals surface area (Å²) in [6.07, 6.45) is 8.57. The Morgan fingerprint density at radius 1 is 1.23 bits per heavy atom. The van der Waals surface area contributed by atoms with Crippen LogP contribution in [0.4, 0.5) is 0 Å². The zero-order valence-electron chi connectivity index (χ0n) is 15.4. The van der Waals surface area contributed by atoms with E-state index < -0.39 is 0 Å². The first-order valence-corrected chi connectivity index (χ1v) is 9.89. The summed E-state index contributed by atoms with van der Waals surface area (Å²) >= 11 is 0. The van der Waals surface area contributed by atoms with Gasteiger partial charge in [0.15, 0.2) is 0 Å². The van der Waals surface area contributed by atoms with Crippen molar-refractivity contribution in [2.45, 2.75) is 64.0 Å². The number of fused-ring (bicyclic) bond motifs is 1. The average molecular weight is 352 g/mol. The van der Waals surface area contributed by atoms with Crippen molar-refractivity contribution >= 4 is 16.8 Å². The molecule has 0 bridgehead atoms. The molecule has 4 rings (SSSR count). The third kappa shape index (κ3) is 3.35. The summed E-state index contributed by atoms with van der Waals surface area (Å²) < 4.78 is 0. The molecule has 4 nitrogen and oxygen atoms in total. The van der Waals surface area contributed by atoms with Gasteiger partial charge >= 0.3 is 0 Å². The van der Waals surface area contributed by atoms with Crippen molar-refractivity contribution in [3.8, 4) is 0 Å². The molecule has 2 aliphatic rings. The summed E-state index contributed by atoms with van der Waals surface area (Å²) in [5.74, 6) is 0.445. The number of hydrogen-bond acceptors (Lipinski definition) is 3. The number of para-hydroxylation sites is 1. The number of aliphatic hydroxyl groups excluding tert-OH is 1. The van der Waals surface area contributed by atoms with Crippen molar-refractivity contribution in [3.05, 3.63) is 42.1 Å². The molecule has 1 atom stereocenters. The molecular weight excluding hydrogens is 324 g/mol. The molecular formula is C22H28N2O2. The smallest absolute Gasteiger partial charge is 0.226 e. The van der Waals surface area contributed by atoms with E-state index in [1.165, 1.54) is 6.42 Å². The van der Waals surface area contributed by atoms with E-state index in [-0.39, 0.29) is 29.4 Å². The number of carbonyl (C=O) groups is 1. The lowest BCUT2D eigenvalue weighted by atomic mass is 9.72. The molecule has 1 aromatic carbocycles. The summed E-state index contributed by atoms with van der Waals surface area (Å²) in [4.78, 5) is 17.7. The van der Waals surface area contributed by atoms with Crippen molar-refractivity contribution in [2.24, 2.45) is 11.3 Å². The normalized spacial score (nSPS) is 26.1. The van der Waals surface area contributed by atoms with Gasteiger partial charge in [0.1, 0.15) is 0 Å². The highest BCUT2D eigenvalue weighted by atomic mass is 16.3. The van der Waals surface area contributed by atoms with Gasteiger partial charge in [-0.15, -0.1) is 0 Å². The predicted octanol–water partition coefficient (Wildman–Crippen LogP) is 4.13. The van der Waals surface area contributed by atoms with Gasteiger partial charge in [-0.3, -0.25) is 9.78 Å². The minimum absolute atomic E-state index is 0.0678. The fourth-order valence-electron chi connectivity index (χ4n) is 4.51. The number of benzene rings is 1. The van der Waals surface area contributed by atoms with Crippen LogP contribution in [0, 0.1) is 11.3 Å². The predicted molar refractivity (Wildman–Crippen MR) is 103 cm³/mol. The number of aliphatic hydroxyl groups is 1. The molecule has 1 amide bonds. The number of aromatic nitrogens is 1. The maximum absolute atomic E-state index is 13.1. The number of carbonyl (C=O) groups excluding carboxylic acids is 1. The Hall–Kier alpha value is -1.94. The second-order valence-corrected chi connectivity index (χ2v) is 8.42. The van der Waals surface area contributed by atoms with Gasteiger partial charge in [-0.05, 0) is 49.3 Å². The van der Waals surface area contributed by atoms with E-state index >= 15 is 0 Å².